The zero-order valence-corrected chi connectivity index (χ0v) is 14.2. The SMILES string of the molecule is CN(CCC(=O)Nc1ccccc1)CC(=O)Nc1ccc(Cl)cc1. The van der Waals surface area contributed by atoms with Gasteiger partial charge in [0.15, 0.2) is 0 Å². The molecule has 0 spiro atoms. The molecular formula is C18H20ClN3O2. The summed E-state index contributed by atoms with van der Waals surface area (Å²) in [6, 6.07) is 16.2. The van der Waals surface area contributed by atoms with E-state index in [-0.39, 0.29) is 18.4 Å². The first kappa shape index (κ1) is 18.0. The quantitative estimate of drug-likeness (QED) is 0.809. The summed E-state index contributed by atoms with van der Waals surface area (Å²) < 4.78 is 0. The first-order valence-corrected chi connectivity index (χ1v) is 7.99. The number of nitrogens with zero attached hydrogens (tertiary/aromatic N) is 1. The fourth-order valence-corrected chi connectivity index (χ4v) is 2.22. The first-order chi connectivity index (χ1) is 11.5. The Morgan fingerprint density at radius 1 is 0.917 bits per heavy atom. The number of carbonyl (C=O) groups excluding carboxylic acids is 2. The van der Waals surface area contributed by atoms with Gasteiger partial charge in [-0.2, -0.15) is 0 Å². The molecule has 2 aromatic rings. The Labute approximate surface area is 146 Å². The van der Waals surface area contributed by atoms with Crippen LogP contribution in [0.25, 0.3) is 0 Å². The van der Waals surface area contributed by atoms with Crippen molar-refractivity contribution in [2.45, 2.75) is 6.42 Å². The molecule has 126 valence electrons. The second-order valence-electron chi connectivity index (χ2n) is 5.46. The molecule has 2 aromatic carbocycles. The molecule has 0 heterocycles. The van der Waals surface area contributed by atoms with E-state index in [0.29, 0.717) is 23.7 Å². The van der Waals surface area contributed by atoms with Crippen LogP contribution in [0.15, 0.2) is 54.6 Å². The largest absolute Gasteiger partial charge is 0.326 e. The van der Waals surface area contributed by atoms with Gasteiger partial charge in [0, 0.05) is 29.4 Å². The van der Waals surface area contributed by atoms with Crippen molar-refractivity contribution < 1.29 is 9.59 Å². The Morgan fingerprint density at radius 3 is 2.17 bits per heavy atom. The first-order valence-electron chi connectivity index (χ1n) is 7.62. The fourth-order valence-electron chi connectivity index (χ4n) is 2.10. The summed E-state index contributed by atoms with van der Waals surface area (Å²) in [5.74, 6) is -0.213. The zero-order valence-electron chi connectivity index (χ0n) is 13.5. The van der Waals surface area contributed by atoms with E-state index in [0.717, 1.165) is 5.69 Å². The molecule has 0 fully saturated rings. The van der Waals surface area contributed by atoms with E-state index in [1.807, 2.05) is 30.3 Å². The van der Waals surface area contributed by atoms with Crippen LogP contribution in [-0.4, -0.2) is 36.9 Å². The van der Waals surface area contributed by atoms with Crippen LogP contribution in [0.2, 0.25) is 5.02 Å². The standard InChI is InChI=1S/C18H20ClN3O2/c1-22(12-11-17(23)20-15-5-3-2-4-6-15)13-18(24)21-16-9-7-14(19)8-10-16/h2-10H,11-13H2,1H3,(H,20,23)(H,21,24). The van der Waals surface area contributed by atoms with Crippen LogP contribution in [-0.2, 0) is 9.59 Å². The van der Waals surface area contributed by atoms with Gasteiger partial charge in [-0.05, 0) is 43.4 Å². The summed E-state index contributed by atoms with van der Waals surface area (Å²) >= 11 is 5.80. The van der Waals surface area contributed by atoms with Crippen LogP contribution < -0.4 is 10.6 Å². The Morgan fingerprint density at radius 2 is 1.50 bits per heavy atom. The van der Waals surface area contributed by atoms with Crippen molar-refractivity contribution in [2.75, 3.05) is 30.8 Å². The number of benzene rings is 2. The monoisotopic (exact) mass is 345 g/mol. The van der Waals surface area contributed by atoms with Gasteiger partial charge >= 0.3 is 0 Å². The Hall–Kier alpha value is -2.37. The lowest BCUT2D eigenvalue weighted by Crippen LogP contribution is -2.32. The number of carbonyl (C=O) groups is 2. The normalized spacial score (nSPS) is 10.5. The predicted molar refractivity (Wildman–Crippen MR) is 97.3 cm³/mol. The number of halogens is 1. The summed E-state index contributed by atoms with van der Waals surface area (Å²) in [6.45, 7) is 0.702. The van der Waals surface area contributed by atoms with E-state index in [4.69, 9.17) is 11.6 Å². The molecule has 6 heteroatoms. The van der Waals surface area contributed by atoms with Gasteiger partial charge in [0.1, 0.15) is 0 Å². The van der Waals surface area contributed by atoms with E-state index in [1.165, 1.54) is 0 Å². The molecule has 5 nitrogen and oxygen atoms in total. The molecule has 2 amide bonds. The maximum atomic E-state index is 12.0. The second kappa shape index (κ2) is 9.05. The lowest BCUT2D eigenvalue weighted by Gasteiger charge is -2.16. The smallest absolute Gasteiger partial charge is 0.238 e. The summed E-state index contributed by atoms with van der Waals surface area (Å²) in [5.41, 5.74) is 1.46. The molecule has 2 rings (SSSR count). The molecule has 0 bridgehead atoms. The van der Waals surface area contributed by atoms with Gasteiger partial charge in [-0.25, -0.2) is 0 Å². The van der Waals surface area contributed by atoms with Crippen molar-refractivity contribution in [3.63, 3.8) is 0 Å². The molecule has 24 heavy (non-hydrogen) atoms. The van der Waals surface area contributed by atoms with Gasteiger partial charge in [0.05, 0.1) is 6.54 Å². The highest BCUT2D eigenvalue weighted by molar-refractivity contribution is 6.30. The van der Waals surface area contributed by atoms with Gasteiger partial charge in [0.2, 0.25) is 11.8 Å². The molecule has 0 saturated carbocycles. The highest BCUT2D eigenvalue weighted by atomic mass is 35.5. The maximum Gasteiger partial charge on any atom is 0.238 e. The number of nitrogens with one attached hydrogen (secondary N) is 2. The molecule has 0 aliphatic rings. The Kier molecular flexibility index (Phi) is 6.78. The Balaban J connectivity index is 1.70. The lowest BCUT2D eigenvalue weighted by molar-refractivity contribution is -0.119. The number of hydrogen-bond donors (Lipinski definition) is 2. The predicted octanol–water partition coefficient (Wildman–Crippen LogP) is 3.24. The third-order valence-electron chi connectivity index (χ3n) is 3.32. The van der Waals surface area contributed by atoms with Crippen molar-refractivity contribution in [3.05, 3.63) is 59.6 Å². The van der Waals surface area contributed by atoms with Crippen LogP contribution >= 0.6 is 11.6 Å². The molecular weight excluding hydrogens is 326 g/mol. The zero-order chi connectivity index (χ0) is 17.4. The molecule has 0 aliphatic carbocycles. The van der Waals surface area contributed by atoms with Crippen LogP contribution in [0.3, 0.4) is 0 Å². The van der Waals surface area contributed by atoms with Gasteiger partial charge in [-0.15, -0.1) is 0 Å². The minimum atomic E-state index is -0.136. The Bertz CT molecular complexity index is 674. The summed E-state index contributed by atoms with van der Waals surface area (Å²) in [7, 11) is 1.80. The lowest BCUT2D eigenvalue weighted by atomic mass is 10.3. The van der Waals surface area contributed by atoms with Gasteiger partial charge in [-0.3, -0.25) is 14.5 Å². The minimum absolute atomic E-state index is 0.0776. The number of amides is 2. The van der Waals surface area contributed by atoms with Gasteiger partial charge < -0.3 is 10.6 Å². The van der Waals surface area contributed by atoms with Gasteiger partial charge in [-0.1, -0.05) is 29.8 Å². The summed E-state index contributed by atoms with van der Waals surface area (Å²) in [6.07, 6.45) is 0.319. The fraction of sp³-hybridized carbons (Fsp3) is 0.222. The average molecular weight is 346 g/mol. The molecule has 0 atom stereocenters. The van der Waals surface area contributed by atoms with Crippen molar-refractivity contribution in [2.24, 2.45) is 0 Å². The summed E-state index contributed by atoms with van der Waals surface area (Å²) in [4.78, 5) is 25.6. The number of rotatable bonds is 7. The van der Waals surface area contributed by atoms with Crippen LogP contribution in [0.5, 0.6) is 0 Å². The van der Waals surface area contributed by atoms with E-state index in [9.17, 15) is 9.59 Å². The van der Waals surface area contributed by atoms with E-state index in [2.05, 4.69) is 10.6 Å². The molecule has 0 aromatic heterocycles. The van der Waals surface area contributed by atoms with E-state index < -0.39 is 0 Å². The summed E-state index contributed by atoms with van der Waals surface area (Å²) in [5, 5.41) is 6.22. The molecule has 0 radical (unpaired) electrons. The molecule has 0 unspecified atom stereocenters. The topological polar surface area (TPSA) is 61.4 Å². The number of likely N-dealkylation sites (N-methyl/N-ethyl adjacent to an activating group) is 1. The van der Waals surface area contributed by atoms with Crippen molar-refractivity contribution >= 4 is 34.8 Å². The number of hydrogen-bond acceptors (Lipinski definition) is 3. The van der Waals surface area contributed by atoms with Crippen molar-refractivity contribution in [1.29, 1.82) is 0 Å². The second-order valence-corrected chi connectivity index (χ2v) is 5.89. The molecule has 0 aliphatic heterocycles. The van der Waals surface area contributed by atoms with Crippen molar-refractivity contribution in [3.8, 4) is 0 Å². The van der Waals surface area contributed by atoms with E-state index >= 15 is 0 Å². The third kappa shape index (κ3) is 6.40. The van der Waals surface area contributed by atoms with Crippen LogP contribution in [0, 0.1) is 0 Å². The highest BCUT2D eigenvalue weighted by Gasteiger charge is 2.09. The van der Waals surface area contributed by atoms with Gasteiger partial charge in [0.25, 0.3) is 0 Å². The number of anilines is 2. The highest BCUT2D eigenvalue weighted by Crippen LogP contribution is 2.13. The van der Waals surface area contributed by atoms with Crippen molar-refractivity contribution in [1.82, 2.24) is 4.90 Å². The van der Waals surface area contributed by atoms with Crippen LogP contribution in [0.4, 0.5) is 11.4 Å². The minimum Gasteiger partial charge on any atom is -0.326 e. The average Bonchev–Trinajstić information content (AvgIpc) is 2.56. The third-order valence-corrected chi connectivity index (χ3v) is 3.57. The number of para-hydroxylation sites is 1. The molecule has 2 N–H and O–H groups in total. The maximum absolute atomic E-state index is 12.0. The van der Waals surface area contributed by atoms with Crippen LogP contribution in [0.1, 0.15) is 6.42 Å². The van der Waals surface area contributed by atoms with E-state index in [1.54, 1.807) is 36.2 Å². The molecule has 0 saturated heterocycles.